The monoisotopic (exact) mass is 421 g/mol. The van der Waals surface area contributed by atoms with Gasteiger partial charge in [-0.1, -0.05) is 0 Å². The lowest BCUT2D eigenvalue weighted by molar-refractivity contribution is -0.137. The Bertz CT molecular complexity index is 896. The molecule has 3 heterocycles. The molecule has 0 spiro atoms. The summed E-state index contributed by atoms with van der Waals surface area (Å²) in [4.78, 5) is 13.9. The van der Waals surface area contributed by atoms with Crippen LogP contribution >= 0.6 is 0 Å². The summed E-state index contributed by atoms with van der Waals surface area (Å²) >= 11 is 0. The Balaban J connectivity index is 1.75. The number of morpholine rings is 1. The average Bonchev–Trinajstić information content (AvgIpc) is 2.72. The van der Waals surface area contributed by atoms with E-state index in [0.717, 1.165) is 12.7 Å². The fourth-order valence-electron chi connectivity index (χ4n) is 3.04. The quantitative estimate of drug-likeness (QED) is 0.735. The normalized spacial score (nSPS) is 17.6. The molecule has 0 aromatic carbocycles. The molecule has 1 fully saturated rings. The third-order valence-electron chi connectivity index (χ3n) is 4.65. The Kier molecular flexibility index (Phi) is 6.69. The van der Waals surface area contributed by atoms with Crippen LogP contribution in [0.15, 0.2) is 24.7 Å². The third-order valence-corrected chi connectivity index (χ3v) is 4.65. The van der Waals surface area contributed by atoms with E-state index in [1.165, 1.54) is 18.5 Å². The number of aromatic nitrogens is 3. The second-order valence-electron chi connectivity index (χ2n) is 7.10. The van der Waals surface area contributed by atoms with Crippen molar-refractivity contribution < 1.29 is 17.9 Å². The number of anilines is 3. The fourth-order valence-corrected chi connectivity index (χ4v) is 3.04. The number of halogens is 3. The number of nitrogens with zero attached hydrogens (tertiary/aromatic N) is 5. The molecule has 0 aliphatic carbocycles. The summed E-state index contributed by atoms with van der Waals surface area (Å²) in [6, 6.07) is 3.45. The molecule has 11 heteroatoms. The SMILES string of the molecule is CC(C)N1CCO[C@@H](CNc2cc(Nc3cnc(C#N)cn3)ncc2C(F)(F)F)C1. The van der Waals surface area contributed by atoms with Gasteiger partial charge in [0.15, 0.2) is 5.69 Å². The molecule has 2 N–H and O–H groups in total. The molecular weight excluding hydrogens is 399 g/mol. The standard InChI is InChI=1S/C19H22F3N7O/c1-12(2)29-3-4-30-14(11-29)8-25-16-5-17(27-9-15(16)19(20,21)22)28-18-10-24-13(6-23)7-26-18/h5,7,9-10,12,14H,3-4,8,11H2,1-2H3,(H2,25,26,27,28)/t14-/m0/s1. The van der Waals surface area contributed by atoms with Crippen LogP contribution in [0, 0.1) is 11.3 Å². The number of rotatable bonds is 6. The third kappa shape index (κ3) is 5.55. The number of pyridine rings is 1. The predicted octanol–water partition coefficient (Wildman–Crippen LogP) is 3.03. The molecule has 2 aromatic rings. The predicted molar refractivity (Wildman–Crippen MR) is 104 cm³/mol. The van der Waals surface area contributed by atoms with E-state index >= 15 is 0 Å². The first kappa shape index (κ1) is 21.7. The van der Waals surface area contributed by atoms with Gasteiger partial charge in [0.2, 0.25) is 0 Å². The van der Waals surface area contributed by atoms with E-state index < -0.39 is 11.7 Å². The Morgan fingerprint density at radius 3 is 2.63 bits per heavy atom. The second kappa shape index (κ2) is 9.23. The summed E-state index contributed by atoms with van der Waals surface area (Å²) in [6.45, 7) is 6.36. The van der Waals surface area contributed by atoms with E-state index in [0.29, 0.717) is 19.2 Å². The molecule has 160 valence electrons. The maximum Gasteiger partial charge on any atom is 0.419 e. The van der Waals surface area contributed by atoms with Crippen LogP contribution < -0.4 is 10.6 Å². The molecule has 0 bridgehead atoms. The maximum atomic E-state index is 13.4. The number of hydrogen-bond donors (Lipinski definition) is 2. The molecule has 0 saturated carbocycles. The first-order valence-corrected chi connectivity index (χ1v) is 9.42. The Labute approximate surface area is 172 Å². The molecule has 3 rings (SSSR count). The van der Waals surface area contributed by atoms with Crippen molar-refractivity contribution >= 4 is 17.3 Å². The second-order valence-corrected chi connectivity index (χ2v) is 7.10. The highest BCUT2D eigenvalue weighted by Crippen LogP contribution is 2.35. The van der Waals surface area contributed by atoms with Crippen molar-refractivity contribution in [2.45, 2.75) is 32.2 Å². The molecule has 1 aliphatic heterocycles. The topological polar surface area (TPSA) is 99.0 Å². The minimum Gasteiger partial charge on any atom is -0.382 e. The maximum absolute atomic E-state index is 13.4. The van der Waals surface area contributed by atoms with Crippen molar-refractivity contribution in [2.75, 3.05) is 36.9 Å². The van der Waals surface area contributed by atoms with Crippen molar-refractivity contribution in [3.05, 3.63) is 35.9 Å². The smallest absolute Gasteiger partial charge is 0.382 e. The molecule has 0 amide bonds. The summed E-state index contributed by atoms with van der Waals surface area (Å²) in [5.74, 6) is 0.424. The van der Waals surface area contributed by atoms with Gasteiger partial charge >= 0.3 is 6.18 Å². The van der Waals surface area contributed by atoms with Crippen LogP contribution in [0.2, 0.25) is 0 Å². The van der Waals surface area contributed by atoms with Gasteiger partial charge in [-0.15, -0.1) is 0 Å². The first-order valence-electron chi connectivity index (χ1n) is 9.42. The number of hydrogen-bond acceptors (Lipinski definition) is 8. The minimum absolute atomic E-state index is 0.105. The van der Waals surface area contributed by atoms with Crippen molar-refractivity contribution in [3.8, 4) is 6.07 Å². The fraction of sp³-hybridized carbons (Fsp3) is 0.474. The van der Waals surface area contributed by atoms with E-state index in [-0.39, 0.29) is 35.7 Å². The Morgan fingerprint density at radius 2 is 2.00 bits per heavy atom. The van der Waals surface area contributed by atoms with Gasteiger partial charge in [-0.3, -0.25) is 4.90 Å². The van der Waals surface area contributed by atoms with Crippen LogP contribution in [-0.4, -0.2) is 58.2 Å². The van der Waals surface area contributed by atoms with Gasteiger partial charge in [0.25, 0.3) is 0 Å². The molecular formula is C19H22F3N7O. The zero-order valence-corrected chi connectivity index (χ0v) is 16.6. The Morgan fingerprint density at radius 1 is 1.23 bits per heavy atom. The molecule has 1 atom stereocenters. The van der Waals surface area contributed by atoms with Crippen molar-refractivity contribution in [3.63, 3.8) is 0 Å². The van der Waals surface area contributed by atoms with Gasteiger partial charge < -0.3 is 15.4 Å². The van der Waals surface area contributed by atoms with Gasteiger partial charge in [-0.25, -0.2) is 15.0 Å². The molecule has 0 unspecified atom stereocenters. The van der Waals surface area contributed by atoms with Crippen LogP contribution in [0.5, 0.6) is 0 Å². The first-order chi connectivity index (χ1) is 14.3. The summed E-state index contributed by atoms with van der Waals surface area (Å²) in [5, 5.41) is 14.4. The zero-order valence-electron chi connectivity index (χ0n) is 16.6. The molecule has 8 nitrogen and oxygen atoms in total. The summed E-state index contributed by atoms with van der Waals surface area (Å²) in [5.41, 5.74) is -0.839. The van der Waals surface area contributed by atoms with Crippen LogP contribution in [-0.2, 0) is 10.9 Å². The summed E-state index contributed by atoms with van der Waals surface area (Å²) in [7, 11) is 0. The lowest BCUT2D eigenvalue weighted by atomic mass is 10.2. The van der Waals surface area contributed by atoms with E-state index in [2.05, 4.69) is 44.3 Å². The Hall–Kier alpha value is -2.97. The lowest BCUT2D eigenvalue weighted by Crippen LogP contribution is -2.48. The average molecular weight is 421 g/mol. The molecule has 1 aliphatic rings. The number of alkyl halides is 3. The highest BCUT2D eigenvalue weighted by molar-refractivity contribution is 5.62. The molecule has 30 heavy (non-hydrogen) atoms. The van der Waals surface area contributed by atoms with Crippen LogP contribution in [0.4, 0.5) is 30.5 Å². The van der Waals surface area contributed by atoms with E-state index in [1.807, 2.05) is 6.07 Å². The number of nitriles is 1. The number of nitrogens with one attached hydrogen (secondary N) is 2. The van der Waals surface area contributed by atoms with E-state index in [1.54, 1.807) is 0 Å². The van der Waals surface area contributed by atoms with Crippen LogP contribution in [0.25, 0.3) is 0 Å². The molecule has 0 radical (unpaired) electrons. The summed E-state index contributed by atoms with van der Waals surface area (Å²) < 4.78 is 46.0. The van der Waals surface area contributed by atoms with E-state index in [4.69, 9.17) is 10.00 Å². The summed E-state index contributed by atoms with van der Waals surface area (Å²) in [6.07, 6.45) is -1.45. The largest absolute Gasteiger partial charge is 0.419 e. The van der Waals surface area contributed by atoms with Gasteiger partial charge in [-0.05, 0) is 13.8 Å². The van der Waals surface area contributed by atoms with Crippen molar-refractivity contribution in [1.82, 2.24) is 19.9 Å². The van der Waals surface area contributed by atoms with Gasteiger partial charge in [0, 0.05) is 37.9 Å². The van der Waals surface area contributed by atoms with Crippen molar-refractivity contribution in [2.24, 2.45) is 0 Å². The highest BCUT2D eigenvalue weighted by Gasteiger charge is 2.34. The minimum atomic E-state index is -4.56. The van der Waals surface area contributed by atoms with Gasteiger partial charge in [-0.2, -0.15) is 18.4 Å². The van der Waals surface area contributed by atoms with Crippen molar-refractivity contribution in [1.29, 1.82) is 5.26 Å². The zero-order chi connectivity index (χ0) is 21.7. The van der Waals surface area contributed by atoms with E-state index in [9.17, 15) is 13.2 Å². The van der Waals surface area contributed by atoms with Gasteiger partial charge in [0.1, 0.15) is 17.7 Å². The molecule has 1 saturated heterocycles. The molecule has 2 aromatic heterocycles. The van der Waals surface area contributed by atoms with Crippen LogP contribution in [0.1, 0.15) is 25.1 Å². The number of ether oxygens (including phenoxy) is 1. The highest BCUT2D eigenvalue weighted by atomic mass is 19.4. The van der Waals surface area contributed by atoms with Crippen LogP contribution in [0.3, 0.4) is 0 Å². The lowest BCUT2D eigenvalue weighted by Gasteiger charge is -2.35. The van der Waals surface area contributed by atoms with Gasteiger partial charge in [0.05, 0.1) is 36.4 Å².